The Labute approximate surface area is 205 Å². The standard InChI is InChI=1S/C24H20B.C6H6I/c1-5-13-21(14-6-1)25(22-15-7-2-8-16-22,23-17-9-3-10-18-23)24-19-11-4-12-20-24;7-6-4-2-1-3-5-6/h1-20H;1-5,7H/q-1;+1. The van der Waals surface area contributed by atoms with Gasteiger partial charge in [0.15, 0.2) is 3.57 Å². The van der Waals surface area contributed by atoms with E-state index in [0.29, 0.717) is 0 Å². The first-order valence-electron chi connectivity index (χ1n) is 10.9. The molecule has 5 rings (SSSR count). The second-order valence-electron chi connectivity index (χ2n) is 7.82. The lowest BCUT2D eigenvalue weighted by Crippen LogP contribution is -3.34. The molecule has 0 bridgehead atoms. The van der Waals surface area contributed by atoms with Crippen molar-refractivity contribution in [1.82, 2.24) is 0 Å². The zero-order chi connectivity index (χ0) is 22.1. The van der Waals surface area contributed by atoms with E-state index in [2.05, 4.69) is 133 Å². The number of rotatable bonds is 4. The van der Waals surface area contributed by atoms with Crippen molar-refractivity contribution in [3.8, 4) is 0 Å². The molecule has 0 atom stereocenters. The molecular weight excluding hydrogens is 498 g/mol. The average Bonchev–Trinajstić information content (AvgIpc) is 2.88. The van der Waals surface area contributed by atoms with Crippen LogP contribution in [0, 0.1) is 3.57 Å². The van der Waals surface area contributed by atoms with Gasteiger partial charge < -0.3 is 0 Å². The number of hydrogen-bond acceptors (Lipinski definition) is 0. The van der Waals surface area contributed by atoms with E-state index in [-0.39, 0.29) is 0 Å². The Hall–Kier alpha value is -3.11. The summed E-state index contributed by atoms with van der Waals surface area (Å²) in [6, 6.07) is 53.8. The summed E-state index contributed by atoms with van der Waals surface area (Å²) < 4.78 is 1.33. The molecule has 0 saturated heterocycles. The summed E-state index contributed by atoms with van der Waals surface area (Å²) in [5.74, 6) is 0. The zero-order valence-electron chi connectivity index (χ0n) is 17.9. The number of benzene rings is 5. The third kappa shape index (κ3) is 4.86. The van der Waals surface area contributed by atoms with Crippen molar-refractivity contribution in [3.63, 3.8) is 0 Å². The third-order valence-electron chi connectivity index (χ3n) is 5.94. The fraction of sp³-hybridized carbons (Fsp3) is 0. The van der Waals surface area contributed by atoms with Gasteiger partial charge in [-0.3, -0.25) is 0 Å². The first-order chi connectivity index (χ1) is 15.8. The molecule has 0 aliphatic carbocycles. The molecule has 0 radical (unpaired) electrons. The van der Waals surface area contributed by atoms with Crippen LogP contribution in [0.4, 0.5) is 0 Å². The summed E-state index contributed by atoms with van der Waals surface area (Å²) in [5, 5.41) is 0. The van der Waals surface area contributed by atoms with Crippen LogP contribution in [0.2, 0.25) is 0 Å². The lowest BCUT2D eigenvalue weighted by atomic mass is 9.13. The van der Waals surface area contributed by atoms with Crippen LogP contribution in [0.5, 0.6) is 0 Å². The second-order valence-corrected chi connectivity index (χ2v) is 9.17. The number of hydrogen-bond donors (Lipinski definition) is 0. The third-order valence-corrected chi connectivity index (χ3v) is 6.72. The molecule has 0 amide bonds. The van der Waals surface area contributed by atoms with E-state index in [1.807, 2.05) is 40.8 Å². The first-order valence-corrected chi connectivity index (χ1v) is 12.1. The second kappa shape index (κ2) is 11.0. The fourth-order valence-corrected chi connectivity index (χ4v) is 4.99. The molecule has 0 aliphatic rings. The maximum atomic E-state index is 2.26. The van der Waals surface area contributed by atoms with E-state index in [4.69, 9.17) is 0 Å². The summed E-state index contributed by atoms with van der Waals surface area (Å²) in [7, 11) is 0. The smallest absolute Gasteiger partial charge is 0.195 e. The van der Waals surface area contributed by atoms with Gasteiger partial charge in [0, 0.05) is 0 Å². The van der Waals surface area contributed by atoms with E-state index < -0.39 is 6.15 Å². The van der Waals surface area contributed by atoms with Gasteiger partial charge >= 0.3 is 0 Å². The van der Waals surface area contributed by atoms with Crippen molar-refractivity contribution in [1.29, 1.82) is 0 Å². The van der Waals surface area contributed by atoms with Gasteiger partial charge in [-0.05, 0) is 12.1 Å². The summed E-state index contributed by atoms with van der Waals surface area (Å²) in [6.07, 6.45) is -1.22. The minimum absolute atomic E-state index is 1.22. The molecule has 0 nitrogen and oxygen atoms in total. The van der Waals surface area contributed by atoms with Gasteiger partial charge in [0.25, 0.3) is 22.6 Å². The Morgan fingerprint density at radius 1 is 0.312 bits per heavy atom. The highest BCUT2D eigenvalue weighted by molar-refractivity contribution is 7.19. The van der Waals surface area contributed by atoms with E-state index in [1.165, 1.54) is 25.4 Å². The van der Waals surface area contributed by atoms with E-state index in [0.717, 1.165) is 0 Å². The van der Waals surface area contributed by atoms with Crippen molar-refractivity contribution in [2.24, 2.45) is 0 Å². The van der Waals surface area contributed by atoms with Crippen LogP contribution in [0.1, 0.15) is 0 Å². The van der Waals surface area contributed by atoms with Crippen LogP contribution in [0.25, 0.3) is 0 Å². The highest BCUT2D eigenvalue weighted by Crippen LogP contribution is 2.09. The molecule has 0 heterocycles. The summed E-state index contributed by atoms with van der Waals surface area (Å²) in [6.45, 7) is 0. The van der Waals surface area contributed by atoms with Crippen LogP contribution >= 0.6 is 0 Å². The Balaban J connectivity index is 0.000000300. The molecule has 5 aromatic rings. The molecule has 2 heteroatoms. The zero-order valence-corrected chi connectivity index (χ0v) is 20.2. The molecule has 0 aromatic heterocycles. The van der Waals surface area contributed by atoms with Crippen molar-refractivity contribution in [2.45, 2.75) is 0 Å². The maximum absolute atomic E-state index is 2.26. The Kier molecular flexibility index (Phi) is 7.57. The lowest BCUT2D eigenvalue weighted by Gasteiger charge is -2.44. The highest BCUT2D eigenvalue weighted by atomic mass is 127. The van der Waals surface area contributed by atoms with Crippen LogP contribution < -0.4 is 44.4 Å². The van der Waals surface area contributed by atoms with Crippen LogP contribution in [-0.2, 0) is 0 Å². The molecule has 5 aromatic carbocycles. The van der Waals surface area contributed by atoms with Gasteiger partial charge in [0.2, 0.25) is 0 Å². The van der Waals surface area contributed by atoms with Gasteiger partial charge in [-0.2, -0.15) is 21.9 Å². The monoisotopic (exact) mass is 524 g/mol. The Morgan fingerprint density at radius 3 is 0.719 bits per heavy atom. The minimum Gasteiger partial charge on any atom is -0.195 e. The minimum atomic E-state index is -1.22. The predicted octanol–water partition coefficient (Wildman–Crippen LogP) is 1.21. The van der Waals surface area contributed by atoms with Crippen LogP contribution in [0.15, 0.2) is 152 Å². The normalized spacial score (nSPS) is 10.7. The fourth-order valence-electron chi connectivity index (χ4n) is 4.54. The molecule has 156 valence electrons. The molecule has 32 heavy (non-hydrogen) atoms. The summed E-state index contributed by atoms with van der Waals surface area (Å²) in [4.78, 5) is 0. The van der Waals surface area contributed by atoms with Crippen LogP contribution in [-0.4, -0.2) is 6.15 Å². The van der Waals surface area contributed by atoms with Crippen molar-refractivity contribution in [2.75, 3.05) is 0 Å². The average molecular weight is 524 g/mol. The molecular formula is C30H26BI. The highest BCUT2D eigenvalue weighted by Gasteiger charge is 2.30. The van der Waals surface area contributed by atoms with E-state index in [1.54, 1.807) is 0 Å². The van der Waals surface area contributed by atoms with E-state index >= 15 is 0 Å². The van der Waals surface area contributed by atoms with Crippen molar-refractivity contribution >= 4 is 28.0 Å². The first kappa shape index (κ1) is 22.1. The molecule has 0 N–H and O–H groups in total. The molecule has 0 unspecified atom stereocenters. The maximum Gasteiger partial charge on any atom is 0.296 e. The quantitative estimate of drug-likeness (QED) is 0.245. The topological polar surface area (TPSA) is 0 Å². The molecule has 0 saturated carbocycles. The van der Waals surface area contributed by atoms with E-state index in [9.17, 15) is 0 Å². The SMILES string of the molecule is [IH+]c1ccccc1.c1ccc([B-](c2ccccc2)(c2ccccc2)c2ccccc2)cc1. The number of halogens is 1. The lowest BCUT2D eigenvalue weighted by molar-refractivity contribution is -0.328. The van der Waals surface area contributed by atoms with Crippen LogP contribution in [0.3, 0.4) is 0 Å². The molecule has 0 spiro atoms. The molecule has 0 aliphatic heterocycles. The Bertz CT molecular complexity index is 1030. The Morgan fingerprint density at radius 2 is 0.531 bits per heavy atom. The van der Waals surface area contributed by atoms with Gasteiger partial charge in [-0.15, -0.1) is 0 Å². The largest absolute Gasteiger partial charge is 0.296 e. The van der Waals surface area contributed by atoms with Gasteiger partial charge in [-0.25, -0.2) is 0 Å². The predicted molar refractivity (Wildman–Crippen MR) is 137 cm³/mol. The molecule has 0 fully saturated rings. The van der Waals surface area contributed by atoms with Gasteiger partial charge in [-0.1, -0.05) is 140 Å². The van der Waals surface area contributed by atoms with Crippen molar-refractivity contribution < 1.29 is 22.6 Å². The summed E-state index contributed by atoms with van der Waals surface area (Å²) >= 11 is 2.02. The van der Waals surface area contributed by atoms with Gasteiger partial charge in [0.1, 0.15) is 6.15 Å². The van der Waals surface area contributed by atoms with Gasteiger partial charge in [0.05, 0.1) is 0 Å². The van der Waals surface area contributed by atoms with Crippen molar-refractivity contribution in [3.05, 3.63) is 155 Å². The summed E-state index contributed by atoms with van der Waals surface area (Å²) in [5.41, 5.74) is 5.36.